The lowest BCUT2D eigenvalue weighted by Gasteiger charge is -2.11. The highest BCUT2D eigenvalue weighted by molar-refractivity contribution is 6.00. The Kier molecular flexibility index (Phi) is 6.92. The van der Waals surface area contributed by atoms with E-state index in [0.717, 1.165) is 17.0 Å². The summed E-state index contributed by atoms with van der Waals surface area (Å²) >= 11 is 0. The zero-order valence-electron chi connectivity index (χ0n) is 16.8. The number of ether oxygens (including phenoxy) is 2. The Morgan fingerprint density at radius 1 is 1.00 bits per heavy atom. The van der Waals surface area contributed by atoms with E-state index in [-0.39, 0.29) is 36.7 Å². The molecule has 8 nitrogen and oxygen atoms in total. The number of nitrogens with zero attached hydrogens (tertiary/aromatic N) is 2. The Morgan fingerprint density at radius 2 is 1.54 bits per heavy atom. The van der Waals surface area contributed by atoms with E-state index in [9.17, 15) is 14.4 Å². The minimum absolute atomic E-state index is 0.129. The first-order valence-electron chi connectivity index (χ1n) is 9.05. The predicted octanol–water partition coefficient (Wildman–Crippen LogP) is 2.57. The molecule has 0 aliphatic rings. The van der Waals surface area contributed by atoms with Gasteiger partial charge in [0.25, 0.3) is 0 Å². The normalized spacial score (nSPS) is 10.5. The number of carbonyl (C=O) groups is 3. The number of hydrogen-bond acceptors (Lipinski definition) is 6. The van der Waals surface area contributed by atoms with Crippen LogP contribution in [0.5, 0.6) is 0 Å². The van der Waals surface area contributed by atoms with E-state index >= 15 is 0 Å². The Hall–Kier alpha value is -3.16. The van der Waals surface area contributed by atoms with Crippen molar-refractivity contribution in [3.05, 3.63) is 46.3 Å². The molecule has 1 aromatic carbocycles. The Balaban J connectivity index is 2.28. The van der Waals surface area contributed by atoms with Gasteiger partial charge in [-0.2, -0.15) is 5.10 Å². The molecule has 0 aliphatic heterocycles. The maximum absolute atomic E-state index is 12.5. The van der Waals surface area contributed by atoms with Crippen molar-refractivity contribution in [1.82, 2.24) is 9.78 Å². The zero-order valence-corrected chi connectivity index (χ0v) is 16.8. The van der Waals surface area contributed by atoms with Gasteiger partial charge in [0.1, 0.15) is 0 Å². The van der Waals surface area contributed by atoms with Crippen LogP contribution in [-0.2, 0) is 27.7 Å². The van der Waals surface area contributed by atoms with Crippen molar-refractivity contribution in [3.8, 4) is 0 Å². The van der Waals surface area contributed by atoms with Crippen molar-refractivity contribution in [2.45, 2.75) is 34.1 Å². The number of rotatable bonds is 7. The summed E-state index contributed by atoms with van der Waals surface area (Å²) in [7, 11) is 1.82. The molecule has 1 heterocycles. The van der Waals surface area contributed by atoms with E-state index in [2.05, 4.69) is 10.4 Å². The molecule has 8 heteroatoms. The molecule has 2 rings (SSSR count). The molecule has 2 aromatic rings. The molecule has 28 heavy (non-hydrogen) atoms. The molecule has 0 bridgehead atoms. The molecular weight excluding hydrogens is 362 g/mol. The summed E-state index contributed by atoms with van der Waals surface area (Å²) in [6.07, 6.45) is 0.129. The maximum atomic E-state index is 12.5. The first-order chi connectivity index (χ1) is 13.3. The lowest BCUT2D eigenvalue weighted by Crippen LogP contribution is -2.17. The number of hydrogen-bond donors (Lipinski definition) is 1. The fourth-order valence-electron chi connectivity index (χ4n) is 2.80. The number of aryl methyl sites for hydroxylation is 2. The zero-order chi connectivity index (χ0) is 20.8. The summed E-state index contributed by atoms with van der Waals surface area (Å²) in [5.41, 5.74) is 3.17. The highest BCUT2D eigenvalue weighted by Crippen LogP contribution is 2.19. The topological polar surface area (TPSA) is 99.5 Å². The SMILES string of the molecule is CCOC(=O)c1cc(NC(=O)Cc2c(C)nn(C)c2C)cc(C(=O)OCC)c1. The molecule has 0 aliphatic carbocycles. The molecule has 150 valence electrons. The van der Waals surface area contributed by atoms with Gasteiger partial charge >= 0.3 is 11.9 Å². The number of esters is 2. The van der Waals surface area contributed by atoms with E-state index in [1.807, 2.05) is 20.9 Å². The van der Waals surface area contributed by atoms with Crippen molar-refractivity contribution >= 4 is 23.5 Å². The molecule has 1 N–H and O–H groups in total. The monoisotopic (exact) mass is 387 g/mol. The quantitative estimate of drug-likeness (QED) is 0.733. The first-order valence-corrected chi connectivity index (χ1v) is 9.05. The van der Waals surface area contributed by atoms with E-state index in [4.69, 9.17) is 9.47 Å². The van der Waals surface area contributed by atoms with Gasteiger partial charge in [0.15, 0.2) is 0 Å². The van der Waals surface area contributed by atoms with Crippen LogP contribution >= 0.6 is 0 Å². The number of amides is 1. The van der Waals surface area contributed by atoms with Crippen LogP contribution < -0.4 is 5.32 Å². The van der Waals surface area contributed by atoms with Crippen LogP contribution in [0.2, 0.25) is 0 Å². The number of benzene rings is 1. The predicted molar refractivity (Wildman–Crippen MR) is 103 cm³/mol. The standard InChI is InChI=1S/C20H25N3O5/c1-6-27-19(25)14-8-15(20(26)28-7-2)10-16(9-14)21-18(24)11-17-12(3)22-23(5)13(17)4/h8-10H,6-7,11H2,1-5H3,(H,21,24). The second kappa shape index (κ2) is 9.16. The van der Waals surface area contributed by atoms with Crippen LogP contribution in [0, 0.1) is 13.8 Å². The fraction of sp³-hybridized carbons (Fsp3) is 0.400. The van der Waals surface area contributed by atoms with Gasteiger partial charge in [-0.25, -0.2) is 9.59 Å². The summed E-state index contributed by atoms with van der Waals surface area (Å²) in [6, 6.07) is 4.34. The Bertz CT molecular complexity index is 865. The number of nitrogens with one attached hydrogen (secondary N) is 1. The van der Waals surface area contributed by atoms with Gasteiger partial charge in [-0.05, 0) is 45.9 Å². The van der Waals surface area contributed by atoms with Crippen molar-refractivity contribution in [3.63, 3.8) is 0 Å². The van der Waals surface area contributed by atoms with E-state index in [1.54, 1.807) is 18.5 Å². The third-order valence-electron chi connectivity index (χ3n) is 4.24. The van der Waals surface area contributed by atoms with Crippen molar-refractivity contribution in [1.29, 1.82) is 0 Å². The van der Waals surface area contributed by atoms with Crippen LogP contribution in [0.4, 0.5) is 5.69 Å². The lowest BCUT2D eigenvalue weighted by molar-refractivity contribution is -0.115. The molecular formula is C20H25N3O5. The summed E-state index contributed by atoms with van der Waals surface area (Å²) in [5, 5.41) is 7.04. The van der Waals surface area contributed by atoms with E-state index in [0.29, 0.717) is 5.69 Å². The van der Waals surface area contributed by atoms with E-state index < -0.39 is 11.9 Å². The van der Waals surface area contributed by atoms with Gasteiger partial charge in [0.05, 0.1) is 36.5 Å². The lowest BCUT2D eigenvalue weighted by atomic mass is 10.1. The third kappa shape index (κ3) is 4.97. The van der Waals surface area contributed by atoms with Crippen LogP contribution in [-0.4, -0.2) is 40.8 Å². The highest BCUT2D eigenvalue weighted by atomic mass is 16.5. The largest absolute Gasteiger partial charge is 0.462 e. The van der Waals surface area contributed by atoms with Crippen LogP contribution in [0.25, 0.3) is 0 Å². The molecule has 0 radical (unpaired) electrons. The Morgan fingerprint density at radius 3 is 1.96 bits per heavy atom. The van der Waals surface area contributed by atoms with Gasteiger partial charge in [0.2, 0.25) is 5.91 Å². The summed E-state index contributed by atoms with van der Waals surface area (Å²) in [5.74, 6) is -1.44. The van der Waals surface area contributed by atoms with Gasteiger partial charge < -0.3 is 14.8 Å². The summed E-state index contributed by atoms with van der Waals surface area (Å²) in [4.78, 5) is 36.7. The smallest absolute Gasteiger partial charge is 0.338 e. The Labute approximate surface area is 163 Å². The highest BCUT2D eigenvalue weighted by Gasteiger charge is 2.17. The number of anilines is 1. The van der Waals surface area contributed by atoms with Crippen molar-refractivity contribution < 1.29 is 23.9 Å². The molecule has 0 spiro atoms. The summed E-state index contributed by atoms with van der Waals surface area (Å²) < 4.78 is 11.7. The van der Waals surface area contributed by atoms with Gasteiger partial charge in [-0.3, -0.25) is 9.48 Å². The van der Waals surface area contributed by atoms with Gasteiger partial charge in [-0.1, -0.05) is 0 Å². The van der Waals surface area contributed by atoms with Crippen LogP contribution in [0.1, 0.15) is 51.5 Å². The molecule has 1 aromatic heterocycles. The average Bonchev–Trinajstić information content (AvgIpc) is 2.88. The van der Waals surface area contributed by atoms with Gasteiger partial charge in [0, 0.05) is 24.0 Å². The minimum atomic E-state index is -0.580. The van der Waals surface area contributed by atoms with Crippen LogP contribution in [0.3, 0.4) is 0 Å². The number of carbonyl (C=O) groups excluding carboxylic acids is 3. The van der Waals surface area contributed by atoms with Gasteiger partial charge in [-0.15, -0.1) is 0 Å². The number of aromatic nitrogens is 2. The summed E-state index contributed by atoms with van der Waals surface area (Å²) in [6.45, 7) is 7.51. The second-order valence-corrected chi connectivity index (χ2v) is 6.24. The molecule has 1 amide bonds. The third-order valence-corrected chi connectivity index (χ3v) is 4.24. The minimum Gasteiger partial charge on any atom is -0.462 e. The molecule has 0 unspecified atom stereocenters. The van der Waals surface area contributed by atoms with Crippen molar-refractivity contribution in [2.24, 2.45) is 7.05 Å². The van der Waals surface area contributed by atoms with Crippen molar-refractivity contribution in [2.75, 3.05) is 18.5 Å². The second-order valence-electron chi connectivity index (χ2n) is 6.24. The van der Waals surface area contributed by atoms with Crippen LogP contribution in [0.15, 0.2) is 18.2 Å². The molecule has 0 saturated carbocycles. The molecule has 0 atom stereocenters. The van der Waals surface area contributed by atoms with E-state index in [1.165, 1.54) is 18.2 Å². The molecule has 0 saturated heterocycles. The first kappa shape index (κ1) is 21.1. The fourth-order valence-corrected chi connectivity index (χ4v) is 2.80. The average molecular weight is 387 g/mol. The maximum Gasteiger partial charge on any atom is 0.338 e. The molecule has 0 fully saturated rings.